The Morgan fingerprint density at radius 3 is 2.60 bits per heavy atom. The van der Waals surface area contributed by atoms with Crippen molar-refractivity contribution in [2.75, 3.05) is 33.0 Å². The van der Waals surface area contributed by atoms with E-state index in [1.54, 1.807) is 42.9 Å². The molecule has 1 aromatic heterocycles. The van der Waals surface area contributed by atoms with Crippen LogP contribution in [0.2, 0.25) is 0 Å². The minimum atomic E-state index is -0.824. The fraction of sp³-hybridized carbons (Fsp3) is 0.367. The van der Waals surface area contributed by atoms with Crippen LogP contribution in [-0.2, 0) is 16.1 Å². The first-order chi connectivity index (χ1) is 19.5. The number of ether oxygens (including phenoxy) is 4. The topological polar surface area (TPSA) is 112 Å². The monoisotopic (exact) mass is 547 g/mol. The number of hydrogen-bond acceptors (Lipinski definition) is 8. The molecule has 5 rings (SSSR count). The van der Waals surface area contributed by atoms with E-state index in [0.29, 0.717) is 80.1 Å². The molecular formula is C30H33N3O7. The number of rotatable bonds is 11. The van der Waals surface area contributed by atoms with Gasteiger partial charge in [-0.2, -0.15) is 0 Å². The van der Waals surface area contributed by atoms with Crippen LogP contribution in [0.3, 0.4) is 0 Å². The number of ketones is 1. The molecule has 3 aromatic rings. The normalized spacial score (nSPS) is 17.8. The van der Waals surface area contributed by atoms with Crippen LogP contribution in [0.4, 0.5) is 0 Å². The first-order valence-electron chi connectivity index (χ1n) is 13.6. The molecule has 1 unspecified atom stereocenters. The summed E-state index contributed by atoms with van der Waals surface area (Å²) in [5.74, 6) is 0.430. The zero-order valence-corrected chi connectivity index (χ0v) is 22.7. The smallest absolute Gasteiger partial charge is 0.295 e. The molecule has 2 aromatic carbocycles. The molecule has 0 spiro atoms. The first kappa shape index (κ1) is 27.1. The van der Waals surface area contributed by atoms with E-state index in [0.717, 1.165) is 6.42 Å². The highest BCUT2D eigenvalue weighted by atomic mass is 16.6. The van der Waals surface area contributed by atoms with Crippen molar-refractivity contribution in [3.8, 4) is 23.0 Å². The molecule has 40 heavy (non-hydrogen) atoms. The number of carbonyl (C=O) groups is 2. The lowest BCUT2D eigenvalue weighted by Crippen LogP contribution is -2.31. The van der Waals surface area contributed by atoms with Crippen molar-refractivity contribution in [2.45, 2.75) is 39.3 Å². The zero-order chi connectivity index (χ0) is 28.1. The molecule has 2 aliphatic rings. The minimum Gasteiger partial charge on any atom is -0.507 e. The van der Waals surface area contributed by atoms with E-state index in [-0.39, 0.29) is 11.3 Å². The van der Waals surface area contributed by atoms with Gasteiger partial charge in [0.2, 0.25) is 0 Å². The van der Waals surface area contributed by atoms with Crippen LogP contribution in [0.5, 0.6) is 23.0 Å². The van der Waals surface area contributed by atoms with Crippen molar-refractivity contribution >= 4 is 17.4 Å². The maximum Gasteiger partial charge on any atom is 0.295 e. The van der Waals surface area contributed by atoms with E-state index in [9.17, 15) is 14.7 Å². The van der Waals surface area contributed by atoms with Crippen LogP contribution in [0.25, 0.3) is 5.76 Å². The molecule has 1 saturated heterocycles. The molecule has 0 radical (unpaired) electrons. The Kier molecular flexibility index (Phi) is 8.23. The van der Waals surface area contributed by atoms with E-state index in [4.69, 9.17) is 18.9 Å². The highest BCUT2D eigenvalue weighted by molar-refractivity contribution is 6.46. The van der Waals surface area contributed by atoms with Gasteiger partial charge in [0.25, 0.3) is 11.7 Å². The fourth-order valence-corrected chi connectivity index (χ4v) is 4.94. The number of hydrogen-bond donors (Lipinski definition) is 1. The van der Waals surface area contributed by atoms with Crippen molar-refractivity contribution in [3.63, 3.8) is 0 Å². The lowest BCUT2D eigenvalue weighted by molar-refractivity contribution is -0.139. The van der Waals surface area contributed by atoms with Crippen LogP contribution >= 0.6 is 0 Å². The molecule has 2 aliphatic heterocycles. The molecule has 0 bridgehead atoms. The number of carbonyl (C=O) groups excluding carboxylic acids is 2. The van der Waals surface area contributed by atoms with Crippen LogP contribution in [0.15, 0.2) is 60.7 Å². The number of aliphatic hydroxyl groups is 1. The highest BCUT2D eigenvalue weighted by Gasteiger charge is 2.46. The van der Waals surface area contributed by atoms with Crippen molar-refractivity contribution in [3.05, 3.63) is 71.8 Å². The van der Waals surface area contributed by atoms with E-state index in [1.165, 1.54) is 4.90 Å². The number of likely N-dealkylation sites (tertiary alicyclic amines) is 1. The fourth-order valence-electron chi connectivity index (χ4n) is 4.94. The maximum atomic E-state index is 13.5. The van der Waals surface area contributed by atoms with Gasteiger partial charge >= 0.3 is 0 Å². The molecule has 1 atom stereocenters. The molecule has 1 amide bonds. The van der Waals surface area contributed by atoms with Gasteiger partial charge in [-0.1, -0.05) is 13.0 Å². The summed E-state index contributed by atoms with van der Waals surface area (Å²) in [4.78, 5) is 32.4. The number of benzene rings is 2. The van der Waals surface area contributed by atoms with Gasteiger partial charge < -0.3 is 33.5 Å². The zero-order valence-electron chi connectivity index (χ0n) is 22.7. The molecule has 0 aliphatic carbocycles. The third kappa shape index (κ3) is 5.47. The Bertz CT molecular complexity index is 1400. The summed E-state index contributed by atoms with van der Waals surface area (Å²) < 4.78 is 24.9. The second kappa shape index (κ2) is 12.1. The van der Waals surface area contributed by atoms with Gasteiger partial charge in [0.15, 0.2) is 23.0 Å². The number of nitrogens with zero attached hydrogens (tertiary/aromatic N) is 3. The van der Waals surface area contributed by atoms with Gasteiger partial charge in [0.05, 0.1) is 31.2 Å². The lowest BCUT2D eigenvalue weighted by atomic mass is 9.94. The second-order valence-electron chi connectivity index (χ2n) is 9.49. The number of aromatic nitrogens is 2. The summed E-state index contributed by atoms with van der Waals surface area (Å²) in [6.45, 7) is 6.55. The van der Waals surface area contributed by atoms with E-state index in [2.05, 4.69) is 4.98 Å². The second-order valence-corrected chi connectivity index (χ2v) is 9.49. The molecule has 1 fully saturated rings. The summed E-state index contributed by atoms with van der Waals surface area (Å²) >= 11 is 0. The van der Waals surface area contributed by atoms with Gasteiger partial charge in [-0.25, -0.2) is 4.98 Å². The summed E-state index contributed by atoms with van der Waals surface area (Å²) in [5, 5.41) is 11.5. The number of Topliss-reactive ketones (excluding diaryl/α,β-unsaturated/α-hetero) is 1. The highest BCUT2D eigenvalue weighted by Crippen LogP contribution is 2.43. The summed E-state index contributed by atoms with van der Waals surface area (Å²) in [6, 6.07) is 9.52. The molecule has 10 heteroatoms. The molecular weight excluding hydrogens is 514 g/mol. The lowest BCUT2D eigenvalue weighted by Gasteiger charge is -2.26. The van der Waals surface area contributed by atoms with Crippen molar-refractivity contribution < 1.29 is 33.6 Å². The van der Waals surface area contributed by atoms with Gasteiger partial charge in [-0.05, 0) is 55.7 Å². The van der Waals surface area contributed by atoms with E-state index >= 15 is 0 Å². The third-order valence-electron chi connectivity index (χ3n) is 6.78. The number of amides is 1. The predicted molar refractivity (Wildman–Crippen MR) is 147 cm³/mol. The molecule has 10 nitrogen and oxygen atoms in total. The van der Waals surface area contributed by atoms with Gasteiger partial charge in [-0.15, -0.1) is 0 Å². The van der Waals surface area contributed by atoms with E-state index < -0.39 is 17.7 Å². The summed E-state index contributed by atoms with van der Waals surface area (Å²) in [6.07, 6.45) is 6.66. The average Bonchev–Trinajstić information content (AvgIpc) is 3.58. The van der Waals surface area contributed by atoms with Gasteiger partial charge in [0.1, 0.15) is 19.0 Å². The van der Waals surface area contributed by atoms with Gasteiger partial charge in [0, 0.05) is 31.0 Å². The summed E-state index contributed by atoms with van der Waals surface area (Å²) in [5.41, 5.74) is 1.00. The van der Waals surface area contributed by atoms with Crippen LogP contribution in [0, 0.1) is 0 Å². The van der Waals surface area contributed by atoms with Gasteiger partial charge in [-0.3, -0.25) is 9.59 Å². The number of aryl methyl sites for hydroxylation is 1. The van der Waals surface area contributed by atoms with Crippen LogP contribution < -0.4 is 18.9 Å². The molecule has 0 saturated carbocycles. The number of imidazole rings is 1. The van der Waals surface area contributed by atoms with E-state index in [1.807, 2.05) is 30.7 Å². The molecule has 1 N–H and O–H groups in total. The number of fused-ring (bicyclic) bond motifs is 1. The third-order valence-corrected chi connectivity index (χ3v) is 6.78. The Morgan fingerprint density at radius 2 is 1.85 bits per heavy atom. The van der Waals surface area contributed by atoms with Crippen LogP contribution in [-0.4, -0.2) is 64.2 Å². The average molecular weight is 548 g/mol. The maximum absolute atomic E-state index is 13.5. The van der Waals surface area contributed by atoms with Crippen LogP contribution in [0.1, 0.15) is 43.9 Å². The number of aliphatic hydroxyl groups excluding tert-OH is 1. The largest absolute Gasteiger partial charge is 0.507 e. The van der Waals surface area contributed by atoms with Crippen molar-refractivity contribution in [2.24, 2.45) is 0 Å². The minimum absolute atomic E-state index is 0.00832. The quantitative estimate of drug-likeness (QED) is 0.214. The summed E-state index contributed by atoms with van der Waals surface area (Å²) in [7, 11) is 0. The molecule has 3 heterocycles. The standard InChI is InChI=1S/C30H33N3O7/c1-3-14-38-22-8-6-20(17-24(22)37-4-2)27-26(28(34)21-7-9-23-25(18-21)40-16-15-39-23)29(35)30(36)33(27)12-5-11-32-13-10-31-19-32/h6-10,13,17-19,27,34H,3-5,11-12,14-16H2,1-2H3. The Labute approximate surface area is 232 Å². The first-order valence-corrected chi connectivity index (χ1v) is 13.6. The Balaban J connectivity index is 1.56. The Hall–Kier alpha value is -4.47. The van der Waals surface area contributed by atoms with Crippen molar-refractivity contribution in [1.82, 2.24) is 14.5 Å². The SMILES string of the molecule is CCCOc1ccc(C2C(=C(O)c3ccc4c(c3)OCCO4)C(=O)C(=O)N2CCCn2ccnc2)cc1OCC. The predicted octanol–water partition coefficient (Wildman–Crippen LogP) is 4.35. The molecule has 210 valence electrons. The Morgan fingerprint density at radius 1 is 1.02 bits per heavy atom. The van der Waals surface area contributed by atoms with Crippen molar-refractivity contribution in [1.29, 1.82) is 0 Å².